The third-order valence-electron chi connectivity index (χ3n) is 4.95. The van der Waals surface area contributed by atoms with Gasteiger partial charge in [-0.1, -0.05) is 19.9 Å². The Balaban J connectivity index is 2.07. The molecule has 0 fully saturated rings. The number of benzene rings is 2. The number of hydrogen-bond acceptors (Lipinski definition) is 5. The molecule has 4 N–H and O–H groups in total. The van der Waals surface area contributed by atoms with Gasteiger partial charge in [0.25, 0.3) is 0 Å². The molecule has 3 aromatic rings. The number of hydrogen-bond donors (Lipinski definition) is 4. The summed E-state index contributed by atoms with van der Waals surface area (Å²) in [6.07, 6.45) is 0. The molecule has 6 nitrogen and oxygen atoms in total. The molecule has 0 atom stereocenters. The van der Waals surface area contributed by atoms with Gasteiger partial charge in [0.1, 0.15) is 11.4 Å². The lowest BCUT2D eigenvalue weighted by atomic mass is 9.71. The Morgan fingerprint density at radius 1 is 1.24 bits per heavy atom. The fourth-order valence-corrected chi connectivity index (χ4v) is 3.62. The van der Waals surface area contributed by atoms with Crippen LogP contribution in [0.25, 0.3) is 10.9 Å². The molecule has 0 saturated heterocycles. The molecular weight excluding hydrogens is 318 g/mol. The van der Waals surface area contributed by atoms with Crippen molar-refractivity contribution in [2.75, 3.05) is 5.48 Å². The SMILES string of the molecule is CC1(C)c2cc(O)c(NO)cc2C(=O)c2c1[nH]c1cc(C#N)ccc21. The quantitative estimate of drug-likeness (QED) is 0.403. The third kappa shape index (κ3) is 1.90. The third-order valence-corrected chi connectivity index (χ3v) is 4.95. The Morgan fingerprint density at radius 2 is 2.00 bits per heavy atom. The maximum absolute atomic E-state index is 13.1. The van der Waals surface area contributed by atoms with Crippen LogP contribution in [-0.4, -0.2) is 21.1 Å². The van der Waals surface area contributed by atoms with E-state index in [1.54, 1.807) is 18.2 Å². The second-order valence-electron chi connectivity index (χ2n) is 6.73. The molecule has 6 heteroatoms. The fourth-order valence-electron chi connectivity index (χ4n) is 3.62. The molecule has 4 rings (SSSR count). The molecule has 1 aliphatic rings. The maximum atomic E-state index is 13.1. The van der Waals surface area contributed by atoms with Crippen LogP contribution in [0.4, 0.5) is 5.69 Å². The van der Waals surface area contributed by atoms with Crippen molar-refractivity contribution in [3.05, 3.63) is 58.3 Å². The number of aromatic hydroxyl groups is 1. The van der Waals surface area contributed by atoms with Gasteiger partial charge >= 0.3 is 0 Å². The monoisotopic (exact) mass is 333 g/mol. The smallest absolute Gasteiger partial charge is 0.195 e. The topological polar surface area (TPSA) is 109 Å². The first-order valence-corrected chi connectivity index (χ1v) is 7.77. The Kier molecular flexibility index (Phi) is 2.96. The molecule has 0 bridgehead atoms. The van der Waals surface area contributed by atoms with Crippen LogP contribution < -0.4 is 5.48 Å². The molecule has 0 spiro atoms. The lowest BCUT2D eigenvalue weighted by Crippen LogP contribution is -2.30. The number of rotatable bonds is 1. The Morgan fingerprint density at radius 3 is 2.68 bits per heavy atom. The van der Waals surface area contributed by atoms with E-state index in [1.807, 2.05) is 19.3 Å². The van der Waals surface area contributed by atoms with Gasteiger partial charge in [-0.15, -0.1) is 0 Å². The number of aromatic amines is 1. The predicted molar refractivity (Wildman–Crippen MR) is 92.1 cm³/mol. The summed E-state index contributed by atoms with van der Waals surface area (Å²) in [5.41, 5.74) is 5.09. The van der Waals surface area contributed by atoms with Gasteiger partial charge in [0.2, 0.25) is 0 Å². The second-order valence-corrected chi connectivity index (χ2v) is 6.73. The van der Waals surface area contributed by atoms with Gasteiger partial charge < -0.3 is 10.1 Å². The standard InChI is InChI=1S/C19H15N3O3/c1-19(2)12-7-15(23)14(22-25)6-11(12)17(24)16-10-4-3-9(8-20)5-13(10)21-18(16)19/h3-7,21-23,25H,1-2H3. The highest BCUT2D eigenvalue weighted by atomic mass is 16.5. The number of nitrogens with zero attached hydrogens (tertiary/aromatic N) is 1. The van der Waals surface area contributed by atoms with E-state index in [-0.39, 0.29) is 17.2 Å². The van der Waals surface area contributed by atoms with Crippen molar-refractivity contribution in [1.29, 1.82) is 5.26 Å². The summed E-state index contributed by atoms with van der Waals surface area (Å²) in [6.45, 7) is 3.92. The number of carbonyl (C=O) groups is 1. The minimum Gasteiger partial charge on any atom is -0.506 e. The molecular formula is C19H15N3O3. The van der Waals surface area contributed by atoms with E-state index < -0.39 is 5.41 Å². The summed E-state index contributed by atoms with van der Waals surface area (Å²) in [6, 6.07) is 10.2. The van der Waals surface area contributed by atoms with Gasteiger partial charge in [-0.25, -0.2) is 0 Å². The van der Waals surface area contributed by atoms with Crippen LogP contribution >= 0.6 is 0 Å². The van der Waals surface area contributed by atoms with Crippen molar-refractivity contribution in [2.45, 2.75) is 19.3 Å². The fraction of sp³-hybridized carbons (Fsp3) is 0.158. The van der Waals surface area contributed by atoms with Gasteiger partial charge in [0.05, 0.1) is 17.2 Å². The summed E-state index contributed by atoms with van der Waals surface area (Å²) in [7, 11) is 0. The van der Waals surface area contributed by atoms with Gasteiger partial charge in [0, 0.05) is 27.6 Å². The number of nitrogens with one attached hydrogen (secondary N) is 2. The van der Waals surface area contributed by atoms with Gasteiger partial charge in [0.15, 0.2) is 5.78 Å². The predicted octanol–water partition coefficient (Wildman–Crippen LogP) is 3.42. The summed E-state index contributed by atoms with van der Waals surface area (Å²) in [4.78, 5) is 16.4. The van der Waals surface area contributed by atoms with Crippen LogP contribution in [0, 0.1) is 11.3 Å². The number of anilines is 1. The Bertz CT molecular complexity index is 1100. The zero-order valence-corrected chi connectivity index (χ0v) is 13.6. The zero-order valence-electron chi connectivity index (χ0n) is 13.6. The van der Waals surface area contributed by atoms with E-state index >= 15 is 0 Å². The largest absolute Gasteiger partial charge is 0.506 e. The number of phenolic OH excluding ortho intramolecular Hbond substituents is 1. The first kappa shape index (κ1) is 15.2. The average molecular weight is 333 g/mol. The van der Waals surface area contributed by atoms with Gasteiger partial charge in [-0.3, -0.25) is 15.5 Å². The number of carbonyl (C=O) groups excluding carboxylic acids is 1. The van der Waals surface area contributed by atoms with Crippen LogP contribution in [0.15, 0.2) is 30.3 Å². The minimum atomic E-state index is -0.560. The van der Waals surface area contributed by atoms with Crippen LogP contribution in [-0.2, 0) is 5.41 Å². The molecule has 0 amide bonds. The Labute approximate surface area is 143 Å². The van der Waals surface area contributed by atoms with E-state index in [2.05, 4.69) is 11.1 Å². The van der Waals surface area contributed by atoms with E-state index in [0.29, 0.717) is 22.3 Å². The van der Waals surface area contributed by atoms with E-state index in [4.69, 9.17) is 10.5 Å². The van der Waals surface area contributed by atoms with Gasteiger partial charge in [-0.05, 0) is 29.8 Å². The van der Waals surface area contributed by atoms with Gasteiger partial charge in [-0.2, -0.15) is 5.26 Å². The van der Waals surface area contributed by atoms with E-state index in [9.17, 15) is 9.90 Å². The molecule has 0 aliphatic heterocycles. The normalized spacial score (nSPS) is 14.7. The van der Waals surface area contributed by atoms with Crippen LogP contribution in [0.5, 0.6) is 5.75 Å². The second kappa shape index (κ2) is 4.85. The zero-order chi connectivity index (χ0) is 17.9. The van der Waals surface area contributed by atoms with Crippen molar-refractivity contribution < 1.29 is 15.1 Å². The molecule has 25 heavy (non-hydrogen) atoms. The molecule has 1 aromatic heterocycles. The van der Waals surface area contributed by atoms with Crippen LogP contribution in [0.2, 0.25) is 0 Å². The number of ketones is 1. The van der Waals surface area contributed by atoms with Crippen molar-refractivity contribution in [3.63, 3.8) is 0 Å². The molecule has 124 valence electrons. The molecule has 2 aromatic carbocycles. The lowest BCUT2D eigenvalue weighted by molar-refractivity contribution is 0.103. The van der Waals surface area contributed by atoms with E-state index in [0.717, 1.165) is 16.6 Å². The van der Waals surface area contributed by atoms with E-state index in [1.165, 1.54) is 12.1 Å². The summed E-state index contributed by atoms with van der Waals surface area (Å²) < 4.78 is 0. The number of nitriles is 1. The highest BCUT2D eigenvalue weighted by Gasteiger charge is 2.40. The molecule has 1 heterocycles. The first-order chi connectivity index (χ1) is 11.9. The number of phenols is 1. The van der Waals surface area contributed by atoms with Crippen molar-refractivity contribution in [1.82, 2.24) is 4.98 Å². The highest BCUT2D eigenvalue weighted by Crippen LogP contribution is 2.46. The highest BCUT2D eigenvalue weighted by molar-refractivity contribution is 6.20. The van der Waals surface area contributed by atoms with Crippen molar-refractivity contribution in [3.8, 4) is 11.8 Å². The maximum Gasteiger partial charge on any atom is 0.195 e. The number of fused-ring (bicyclic) bond motifs is 4. The lowest BCUT2D eigenvalue weighted by Gasteiger charge is -2.32. The average Bonchev–Trinajstić information content (AvgIpc) is 2.99. The Hall–Kier alpha value is -3.30. The van der Waals surface area contributed by atoms with Crippen molar-refractivity contribution in [2.24, 2.45) is 0 Å². The molecule has 0 unspecified atom stereocenters. The summed E-state index contributed by atoms with van der Waals surface area (Å²) >= 11 is 0. The molecule has 0 radical (unpaired) electrons. The number of H-pyrrole nitrogens is 1. The van der Waals surface area contributed by atoms with Crippen LogP contribution in [0.3, 0.4) is 0 Å². The minimum absolute atomic E-state index is 0.0814. The first-order valence-electron chi connectivity index (χ1n) is 7.77. The summed E-state index contributed by atoms with van der Waals surface area (Å²) in [5, 5.41) is 29.1. The summed E-state index contributed by atoms with van der Waals surface area (Å²) in [5.74, 6) is -0.315. The number of aromatic nitrogens is 1. The molecule has 1 aliphatic carbocycles. The van der Waals surface area contributed by atoms with Crippen molar-refractivity contribution >= 4 is 22.4 Å². The van der Waals surface area contributed by atoms with Crippen LogP contribution in [0.1, 0.15) is 46.6 Å². The molecule has 0 saturated carbocycles.